The highest BCUT2D eigenvalue weighted by molar-refractivity contribution is 7.98. The topological polar surface area (TPSA) is 106 Å². The monoisotopic (exact) mass is 458 g/mol. The normalized spacial score (nSPS) is 11.6. The molecule has 2 aromatic heterocycles. The summed E-state index contributed by atoms with van der Waals surface area (Å²) in [6, 6.07) is 8.85. The minimum Gasteiger partial charge on any atom is -0.504 e. The summed E-state index contributed by atoms with van der Waals surface area (Å²) in [7, 11) is 0. The molecule has 0 bridgehead atoms. The van der Waals surface area contributed by atoms with Crippen LogP contribution in [-0.4, -0.2) is 19.8 Å². The summed E-state index contributed by atoms with van der Waals surface area (Å²) >= 11 is 7.38. The van der Waals surface area contributed by atoms with Gasteiger partial charge < -0.3 is 14.6 Å². The zero-order chi connectivity index (χ0) is 22.3. The van der Waals surface area contributed by atoms with Crippen LogP contribution in [0.4, 0.5) is 0 Å². The van der Waals surface area contributed by atoms with Crippen LogP contribution in [0, 0.1) is 5.92 Å². The minimum absolute atomic E-state index is 0.155. The van der Waals surface area contributed by atoms with Crippen molar-refractivity contribution in [1.29, 1.82) is 0 Å². The lowest BCUT2D eigenvalue weighted by Gasteiger charge is -2.15. The van der Waals surface area contributed by atoms with Crippen LogP contribution in [0.25, 0.3) is 21.9 Å². The minimum atomic E-state index is -0.578. The van der Waals surface area contributed by atoms with Gasteiger partial charge in [0.1, 0.15) is 5.58 Å². The van der Waals surface area contributed by atoms with Crippen LogP contribution in [0.15, 0.2) is 55.6 Å². The van der Waals surface area contributed by atoms with Crippen molar-refractivity contribution in [3.8, 4) is 11.5 Å². The number of thioether (sulfide) groups is 1. The largest absolute Gasteiger partial charge is 0.504 e. The Kier molecular flexibility index (Phi) is 5.68. The first-order valence-electron chi connectivity index (χ1n) is 9.54. The molecule has 31 heavy (non-hydrogen) atoms. The van der Waals surface area contributed by atoms with E-state index >= 15 is 0 Å². The van der Waals surface area contributed by atoms with Crippen molar-refractivity contribution in [2.75, 3.05) is 0 Å². The molecule has 7 nitrogen and oxygen atoms in total. The number of rotatable bonds is 5. The lowest BCUT2D eigenvalue weighted by atomic mass is 10.1. The maximum Gasteiger partial charge on any atom is 0.336 e. The second kappa shape index (κ2) is 8.28. The SMILES string of the molecule is CC(C)Cn1c(SCc2cc(=O)oc3cc(O)c(O)cc23)nc2cc(Cl)ccc2c1=O. The molecule has 0 fully saturated rings. The Morgan fingerprint density at radius 3 is 2.58 bits per heavy atom. The van der Waals surface area contributed by atoms with E-state index in [2.05, 4.69) is 4.98 Å². The van der Waals surface area contributed by atoms with Gasteiger partial charge in [0, 0.05) is 34.8 Å². The molecular weight excluding hydrogens is 440 g/mol. The van der Waals surface area contributed by atoms with E-state index in [-0.39, 0.29) is 28.6 Å². The van der Waals surface area contributed by atoms with Crippen LogP contribution in [-0.2, 0) is 12.3 Å². The highest BCUT2D eigenvalue weighted by Crippen LogP contribution is 2.33. The summed E-state index contributed by atoms with van der Waals surface area (Å²) in [5, 5.41) is 21.5. The molecule has 0 atom stereocenters. The number of phenolic OH excluding ortho intramolecular Hbond substituents is 2. The lowest BCUT2D eigenvalue weighted by Crippen LogP contribution is -2.25. The zero-order valence-electron chi connectivity index (χ0n) is 16.8. The van der Waals surface area contributed by atoms with E-state index in [0.717, 1.165) is 0 Å². The van der Waals surface area contributed by atoms with E-state index in [0.29, 0.717) is 44.3 Å². The van der Waals surface area contributed by atoms with Gasteiger partial charge in [-0.2, -0.15) is 0 Å². The number of hydrogen-bond acceptors (Lipinski definition) is 7. The number of benzene rings is 2. The fraction of sp³-hybridized carbons (Fsp3) is 0.227. The Morgan fingerprint density at radius 1 is 1.10 bits per heavy atom. The standard InChI is InChI=1S/C22H19ClN2O5S/c1-11(2)9-25-21(29)14-4-3-13(23)6-16(14)24-22(25)31-10-12-5-20(28)30-19-8-18(27)17(26)7-15(12)19/h3-8,11,26-27H,9-10H2,1-2H3. The molecule has 4 aromatic rings. The predicted molar refractivity (Wildman–Crippen MR) is 121 cm³/mol. The van der Waals surface area contributed by atoms with Gasteiger partial charge in [0.05, 0.1) is 10.9 Å². The molecule has 0 spiro atoms. The summed E-state index contributed by atoms with van der Waals surface area (Å²) in [4.78, 5) is 29.7. The number of aromatic nitrogens is 2. The smallest absolute Gasteiger partial charge is 0.336 e. The van der Waals surface area contributed by atoms with Crippen LogP contribution in [0.3, 0.4) is 0 Å². The number of phenols is 2. The van der Waals surface area contributed by atoms with Gasteiger partial charge in [-0.25, -0.2) is 9.78 Å². The van der Waals surface area contributed by atoms with Crippen molar-refractivity contribution >= 4 is 45.2 Å². The Balaban J connectivity index is 1.81. The van der Waals surface area contributed by atoms with E-state index in [1.165, 1.54) is 30.0 Å². The third-order valence-electron chi connectivity index (χ3n) is 4.71. The number of halogens is 1. The van der Waals surface area contributed by atoms with Gasteiger partial charge in [0.2, 0.25) is 0 Å². The maximum atomic E-state index is 13.1. The molecule has 4 rings (SSSR count). The van der Waals surface area contributed by atoms with Gasteiger partial charge in [-0.05, 0) is 35.7 Å². The Hall–Kier alpha value is -2.97. The molecule has 0 unspecified atom stereocenters. The molecule has 0 radical (unpaired) electrons. The van der Waals surface area contributed by atoms with E-state index in [1.807, 2.05) is 13.8 Å². The number of hydrogen-bond donors (Lipinski definition) is 2. The molecule has 9 heteroatoms. The molecule has 2 N–H and O–H groups in total. The fourth-order valence-corrected chi connectivity index (χ4v) is 4.49. The first kappa shape index (κ1) is 21.3. The summed E-state index contributed by atoms with van der Waals surface area (Å²) in [6.45, 7) is 4.51. The molecule has 2 heterocycles. The van der Waals surface area contributed by atoms with Crippen LogP contribution in [0.1, 0.15) is 19.4 Å². The van der Waals surface area contributed by atoms with Crippen molar-refractivity contribution in [2.24, 2.45) is 5.92 Å². The van der Waals surface area contributed by atoms with Crippen LogP contribution < -0.4 is 11.2 Å². The van der Waals surface area contributed by atoms with Crippen molar-refractivity contribution in [3.63, 3.8) is 0 Å². The van der Waals surface area contributed by atoms with Gasteiger partial charge in [0.25, 0.3) is 5.56 Å². The number of aromatic hydroxyl groups is 2. The van der Waals surface area contributed by atoms with Crippen molar-refractivity contribution < 1.29 is 14.6 Å². The highest BCUT2D eigenvalue weighted by atomic mass is 35.5. The quantitative estimate of drug-likeness (QED) is 0.196. The molecule has 0 aliphatic heterocycles. The average Bonchev–Trinajstić information content (AvgIpc) is 2.69. The number of nitrogens with zero attached hydrogens (tertiary/aromatic N) is 2. The van der Waals surface area contributed by atoms with E-state index in [1.54, 1.807) is 22.8 Å². The van der Waals surface area contributed by atoms with Crippen LogP contribution >= 0.6 is 23.4 Å². The van der Waals surface area contributed by atoms with Gasteiger partial charge in [-0.3, -0.25) is 9.36 Å². The molecule has 0 amide bonds. The first-order chi connectivity index (χ1) is 14.7. The number of fused-ring (bicyclic) bond motifs is 2. The summed E-state index contributed by atoms with van der Waals surface area (Å²) in [5.41, 5.74) is 0.517. The second-order valence-electron chi connectivity index (χ2n) is 7.58. The molecule has 0 aliphatic carbocycles. The average molecular weight is 459 g/mol. The maximum absolute atomic E-state index is 13.1. The van der Waals surface area contributed by atoms with Crippen molar-refractivity contribution in [1.82, 2.24) is 9.55 Å². The molecule has 0 saturated carbocycles. The Labute approximate surface area is 185 Å². The summed E-state index contributed by atoms with van der Waals surface area (Å²) in [6.07, 6.45) is 0. The Morgan fingerprint density at radius 2 is 1.84 bits per heavy atom. The summed E-state index contributed by atoms with van der Waals surface area (Å²) < 4.78 is 6.76. The van der Waals surface area contributed by atoms with E-state index < -0.39 is 5.63 Å². The van der Waals surface area contributed by atoms with E-state index in [4.69, 9.17) is 16.0 Å². The third-order valence-corrected chi connectivity index (χ3v) is 5.97. The zero-order valence-corrected chi connectivity index (χ0v) is 18.3. The lowest BCUT2D eigenvalue weighted by molar-refractivity contribution is 0.403. The molecule has 0 aliphatic rings. The van der Waals surface area contributed by atoms with Gasteiger partial charge in [0.15, 0.2) is 16.7 Å². The highest BCUT2D eigenvalue weighted by Gasteiger charge is 2.16. The van der Waals surface area contributed by atoms with E-state index in [9.17, 15) is 19.8 Å². The van der Waals surface area contributed by atoms with Crippen molar-refractivity contribution in [2.45, 2.75) is 31.3 Å². The molecular formula is C22H19ClN2O5S. The van der Waals surface area contributed by atoms with Crippen LogP contribution in [0.5, 0.6) is 11.5 Å². The van der Waals surface area contributed by atoms with Crippen LogP contribution in [0.2, 0.25) is 5.02 Å². The second-order valence-corrected chi connectivity index (χ2v) is 8.96. The molecule has 0 saturated heterocycles. The van der Waals surface area contributed by atoms with Crippen molar-refractivity contribution in [3.05, 3.63) is 67.8 Å². The fourth-order valence-electron chi connectivity index (χ4n) is 3.32. The third kappa shape index (κ3) is 4.26. The summed E-state index contributed by atoms with van der Waals surface area (Å²) in [5.74, 6) is -0.182. The predicted octanol–water partition coefficient (Wildman–Crippen LogP) is 4.52. The Bertz CT molecular complexity index is 1430. The van der Waals surface area contributed by atoms with Gasteiger partial charge in [-0.15, -0.1) is 0 Å². The molecule has 160 valence electrons. The van der Waals surface area contributed by atoms with Gasteiger partial charge in [-0.1, -0.05) is 37.2 Å². The first-order valence-corrected chi connectivity index (χ1v) is 10.9. The molecule has 2 aromatic carbocycles. The van der Waals surface area contributed by atoms with Gasteiger partial charge >= 0.3 is 5.63 Å².